The number of anilines is 2. The Balaban J connectivity index is 1.66. The number of carbonyl (C=O) groups is 3. The predicted octanol–water partition coefficient (Wildman–Crippen LogP) is 3.09. The lowest BCUT2D eigenvalue weighted by Gasteiger charge is -2.29. The summed E-state index contributed by atoms with van der Waals surface area (Å²) in [6.45, 7) is 6.07. The molecule has 0 radical (unpaired) electrons. The van der Waals surface area contributed by atoms with E-state index in [0.29, 0.717) is 40.5 Å². The first kappa shape index (κ1) is 25.2. The molecule has 178 valence electrons. The van der Waals surface area contributed by atoms with Crippen LogP contribution in [0.5, 0.6) is 0 Å². The van der Waals surface area contributed by atoms with Gasteiger partial charge < -0.3 is 20.3 Å². The second-order valence-corrected chi connectivity index (χ2v) is 10.0. The number of morpholine rings is 1. The van der Waals surface area contributed by atoms with E-state index in [2.05, 4.69) is 24.5 Å². The van der Waals surface area contributed by atoms with Gasteiger partial charge in [-0.15, -0.1) is 11.3 Å². The molecule has 3 rings (SSSR count). The molecule has 1 aliphatic rings. The number of hydrogen-bond acceptors (Lipinski definition) is 6. The number of likely N-dealkylation sites (N-methyl/N-ethyl adjacent to an activating group) is 1. The van der Waals surface area contributed by atoms with E-state index in [1.807, 2.05) is 11.9 Å². The third-order valence-electron chi connectivity index (χ3n) is 5.17. The van der Waals surface area contributed by atoms with E-state index in [1.54, 1.807) is 41.3 Å². The lowest BCUT2D eigenvalue weighted by Crippen LogP contribution is -2.50. The molecule has 33 heavy (non-hydrogen) atoms. The second kappa shape index (κ2) is 11.6. The Bertz CT molecular complexity index is 979. The van der Waals surface area contributed by atoms with Crippen LogP contribution in [0.3, 0.4) is 0 Å². The van der Waals surface area contributed by atoms with Gasteiger partial charge in [-0.2, -0.15) is 0 Å². The van der Waals surface area contributed by atoms with Crippen LogP contribution in [0.15, 0.2) is 36.4 Å². The molecule has 0 bridgehead atoms. The fraction of sp³-hybridized carbons (Fsp3) is 0.435. The predicted molar refractivity (Wildman–Crippen MR) is 131 cm³/mol. The highest BCUT2D eigenvalue weighted by molar-refractivity contribution is 7.18. The van der Waals surface area contributed by atoms with Crippen molar-refractivity contribution in [2.45, 2.75) is 19.9 Å². The fourth-order valence-electron chi connectivity index (χ4n) is 3.61. The molecule has 10 heteroatoms. The minimum absolute atomic E-state index is 0.0751. The van der Waals surface area contributed by atoms with E-state index < -0.39 is 6.04 Å². The summed E-state index contributed by atoms with van der Waals surface area (Å²) >= 11 is 7.12. The molecule has 1 saturated heterocycles. The number of nitrogens with one attached hydrogen (secondary N) is 2. The summed E-state index contributed by atoms with van der Waals surface area (Å²) in [5.41, 5.74) is 1.38. The van der Waals surface area contributed by atoms with Gasteiger partial charge in [-0.25, -0.2) is 0 Å². The summed E-state index contributed by atoms with van der Waals surface area (Å²) < 4.78 is 5.70. The van der Waals surface area contributed by atoms with E-state index in [1.165, 1.54) is 11.3 Å². The summed E-state index contributed by atoms with van der Waals surface area (Å²) in [5, 5.41) is 5.77. The fourth-order valence-corrected chi connectivity index (χ4v) is 4.57. The normalized spacial score (nSPS) is 15.1. The summed E-state index contributed by atoms with van der Waals surface area (Å²) in [6.07, 6.45) is 0. The van der Waals surface area contributed by atoms with Crippen LogP contribution in [0, 0.1) is 5.92 Å². The van der Waals surface area contributed by atoms with Gasteiger partial charge in [-0.1, -0.05) is 25.4 Å². The highest BCUT2D eigenvalue weighted by atomic mass is 35.5. The van der Waals surface area contributed by atoms with Gasteiger partial charge >= 0.3 is 0 Å². The molecule has 1 aromatic carbocycles. The van der Waals surface area contributed by atoms with Crippen LogP contribution in [-0.2, 0) is 14.3 Å². The number of nitrogens with zero attached hydrogens (tertiary/aromatic N) is 2. The van der Waals surface area contributed by atoms with Crippen LogP contribution in [0.1, 0.15) is 23.5 Å². The number of rotatable bonds is 9. The van der Waals surface area contributed by atoms with Gasteiger partial charge in [0.25, 0.3) is 11.8 Å². The van der Waals surface area contributed by atoms with Gasteiger partial charge in [0, 0.05) is 31.0 Å². The van der Waals surface area contributed by atoms with E-state index in [0.717, 1.165) is 5.69 Å². The second-order valence-electron chi connectivity index (χ2n) is 8.30. The van der Waals surface area contributed by atoms with Crippen LogP contribution in [0.2, 0.25) is 4.34 Å². The molecule has 2 heterocycles. The van der Waals surface area contributed by atoms with Crippen molar-refractivity contribution in [1.82, 2.24) is 10.2 Å². The SMILES string of the molecule is CC(C)CN(C)[C@H](CNC(=O)c1ccc(Cl)s1)C(=O)Nc1ccc(N2CCOCC2=O)cc1. The first-order chi connectivity index (χ1) is 15.7. The number of amides is 3. The molecule has 0 saturated carbocycles. The van der Waals surface area contributed by atoms with Crippen LogP contribution in [0.25, 0.3) is 0 Å². The zero-order chi connectivity index (χ0) is 24.0. The summed E-state index contributed by atoms with van der Waals surface area (Å²) in [6, 6.07) is 9.90. The molecule has 2 aromatic rings. The van der Waals surface area contributed by atoms with Crippen molar-refractivity contribution in [2.24, 2.45) is 5.92 Å². The minimum Gasteiger partial charge on any atom is -0.370 e. The van der Waals surface area contributed by atoms with Gasteiger partial charge in [-0.05, 0) is 49.4 Å². The van der Waals surface area contributed by atoms with Crippen molar-refractivity contribution in [2.75, 3.05) is 50.1 Å². The number of hydrogen-bond donors (Lipinski definition) is 2. The minimum atomic E-state index is -0.563. The third kappa shape index (κ3) is 7.01. The Kier molecular flexibility index (Phi) is 8.85. The molecule has 8 nitrogen and oxygen atoms in total. The molecule has 1 fully saturated rings. The van der Waals surface area contributed by atoms with Crippen molar-refractivity contribution in [3.63, 3.8) is 0 Å². The molecule has 0 unspecified atom stereocenters. The van der Waals surface area contributed by atoms with E-state index in [9.17, 15) is 14.4 Å². The molecular weight excluding hydrogens is 464 g/mol. The van der Waals surface area contributed by atoms with Gasteiger partial charge in [0.1, 0.15) is 12.6 Å². The van der Waals surface area contributed by atoms with Crippen molar-refractivity contribution in [3.8, 4) is 0 Å². The van der Waals surface area contributed by atoms with E-state index >= 15 is 0 Å². The van der Waals surface area contributed by atoms with E-state index in [4.69, 9.17) is 16.3 Å². The molecule has 1 atom stereocenters. The van der Waals surface area contributed by atoms with Crippen LogP contribution >= 0.6 is 22.9 Å². The topological polar surface area (TPSA) is 91.0 Å². The first-order valence-corrected chi connectivity index (χ1v) is 12.0. The maximum atomic E-state index is 13.1. The number of ether oxygens (including phenoxy) is 1. The maximum absolute atomic E-state index is 13.1. The van der Waals surface area contributed by atoms with Gasteiger partial charge in [0.2, 0.25) is 5.91 Å². The monoisotopic (exact) mass is 492 g/mol. The van der Waals surface area contributed by atoms with Crippen LogP contribution < -0.4 is 15.5 Å². The van der Waals surface area contributed by atoms with Crippen LogP contribution in [-0.4, -0.2) is 68.6 Å². The number of carbonyl (C=O) groups excluding carboxylic acids is 3. The van der Waals surface area contributed by atoms with Crippen molar-refractivity contribution < 1.29 is 19.1 Å². The molecule has 1 aliphatic heterocycles. The van der Waals surface area contributed by atoms with Crippen molar-refractivity contribution in [1.29, 1.82) is 0 Å². The van der Waals surface area contributed by atoms with Gasteiger partial charge in [0.15, 0.2) is 0 Å². The quantitative estimate of drug-likeness (QED) is 0.561. The Morgan fingerprint density at radius 2 is 1.94 bits per heavy atom. The smallest absolute Gasteiger partial charge is 0.261 e. The molecule has 0 spiro atoms. The summed E-state index contributed by atoms with van der Waals surface area (Å²) in [4.78, 5) is 41.7. The van der Waals surface area contributed by atoms with Crippen molar-refractivity contribution in [3.05, 3.63) is 45.6 Å². The first-order valence-electron chi connectivity index (χ1n) is 10.8. The Morgan fingerprint density at radius 3 is 2.55 bits per heavy atom. The highest BCUT2D eigenvalue weighted by Gasteiger charge is 2.25. The van der Waals surface area contributed by atoms with Crippen LogP contribution in [0.4, 0.5) is 11.4 Å². The lowest BCUT2D eigenvalue weighted by molar-refractivity contribution is -0.125. The Hall–Kier alpha value is -2.46. The van der Waals surface area contributed by atoms with Crippen molar-refractivity contribution >= 4 is 52.0 Å². The molecule has 1 aromatic heterocycles. The lowest BCUT2D eigenvalue weighted by atomic mass is 10.1. The maximum Gasteiger partial charge on any atom is 0.261 e. The standard InChI is InChI=1S/C23H29ClN4O4S/c1-15(2)13-27(3)18(12-25-23(31)19-8-9-20(24)33-19)22(30)26-16-4-6-17(7-5-16)28-10-11-32-14-21(28)29/h4-9,15,18H,10-14H2,1-3H3,(H,25,31)(H,26,30)/t18-/m1/s1. The summed E-state index contributed by atoms with van der Waals surface area (Å²) in [7, 11) is 1.87. The Morgan fingerprint density at radius 1 is 1.21 bits per heavy atom. The highest BCUT2D eigenvalue weighted by Crippen LogP contribution is 2.22. The average molecular weight is 493 g/mol. The zero-order valence-electron chi connectivity index (χ0n) is 19.0. The average Bonchev–Trinajstić information content (AvgIpc) is 3.21. The third-order valence-corrected chi connectivity index (χ3v) is 6.40. The molecule has 2 N–H and O–H groups in total. The Labute approximate surface area is 202 Å². The van der Waals surface area contributed by atoms with Gasteiger partial charge in [-0.3, -0.25) is 19.3 Å². The molecular formula is C23H29ClN4O4S. The molecule has 0 aliphatic carbocycles. The largest absolute Gasteiger partial charge is 0.370 e. The molecule has 3 amide bonds. The number of benzene rings is 1. The van der Waals surface area contributed by atoms with E-state index in [-0.39, 0.29) is 30.9 Å². The number of halogens is 1. The number of thiophene rings is 1. The summed E-state index contributed by atoms with van der Waals surface area (Å²) in [5.74, 6) is -0.223. The van der Waals surface area contributed by atoms with Gasteiger partial charge in [0.05, 0.1) is 15.8 Å². The zero-order valence-corrected chi connectivity index (χ0v) is 20.5.